The van der Waals surface area contributed by atoms with E-state index in [1.54, 1.807) is 6.92 Å². The minimum Gasteiger partial charge on any atom is -0.480 e. The van der Waals surface area contributed by atoms with Crippen LogP contribution in [0.15, 0.2) is 48.5 Å². The first kappa shape index (κ1) is 22.3. The average molecular weight is 424 g/mol. The lowest BCUT2D eigenvalue weighted by molar-refractivity contribution is -0.145. The number of rotatable bonds is 9. The number of nitrogens with one attached hydrogen (secondary N) is 1. The third-order valence-electron chi connectivity index (χ3n) is 5.53. The van der Waals surface area contributed by atoms with Gasteiger partial charge in [-0.15, -0.1) is 0 Å². The number of nitrogens with zero attached hydrogens (tertiary/aromatic N) is 1. The number of ether oxygens (including phenoxy) is 1. The van der Waals surface area contributed by atoms with Crippen molar-refractivity contribution in [1.29, 1.82) is 0 Å². The molecule has 3 rings (SSSR count). The highest BCUT2D eigenvalue weighted by Gasteiger charge is 2.30. The summed E-state index contributed by atoms with van der Waals surface area (Å²) in [6.45, 7) is 3.60. The predicted octanol–water partition coefficient (Wildman–Crippen LogP) is 3.63. The van der Waals surface area contributed by atoms with Crippen LogP contribution < -0.4 is 5.32 Å². The van der Waals surface area contributed by atoms with E-state index in [2.05, 4.69) is 17.4 Å². The standard InChI is InChI=1S/C24H28N2O5/c1-3-9-21(23(29)26(4-2)14-22(27)28)25-24(30)31-15-20-18-12-7-5-10-16(18)17-11-6-8-13-19(17)20/h5-8,10-13,20-21H,3-4,9,14-15H2,1-2H3,(H,25,30)(H,27,28)/t21-/m1/s1. The van der Waals surface area contributed by atoms with Gasteiger partial charge in [0.25, 0.3) is 0 Å². The topological polar surface area (TPSA) is 95.9 Å². The van der Waals surface area contributed by atoms with E-state index in [0.29, 0.717) is 12.8 Å². The molecule has 0 spiro atoms. The maximum absolute atomic E-state index is 12.7. The van der Waals surface area contributed by atoms with Gasteiger partial charge in [-0.2, -0.15) is 0 Å². The first-order chi connectivity index (χ1) is 15.0. The van der Waals surface area contributed by atoms with Crippen molar-refractivity contribution in [3.63, 3.8) is 0 Å². The number of amides is 2. The van der Waals surface area contributed by atoms with E-state index in [1.807, 2.05) is 43.3 Å². The Balaban J connectivity index is 1.67. The zero-order chi connectivity index (χ0) is 22.4. The van der Waals surface area contributed by atoms with E-state index in [1.165, 1.54) is 4.90 Å². The Kier molecular flexibility index (Phi) is 7.28. The Morgan fingerprint density at radius 2 is 1.61 bits per heavy atom. The Morgan fingerprint density at radius 3 is 2.13 bits per heavy atom. The molecular formula is C24H28N2O5. The Bertz CT molecular complexity index is 913. The molecule has 1 aliphatic rings. The number of carbonyl (C=O) groups is 3. The van der Waals surface area contributed by atoms with Crippen LogP contribution in [0.3, 0.4) is 0 Å². The molecule has 2 N–H and O–H groups in total. The maximum atomic E-state index is 12.7. The van der Waals surface area contributed by atoms with Crippen LogP contribution in [-0.2, 0) is 14.3 Å². The van der Waals surface area contributed by atoms with Gasteiger partial charge in [0.2, 0.25) is 5.91 Å². The van der Waals surface area contributed by atoms with E-state index in [4.69, 9.17) is 9.84 Å². The molecule has 0 fully saturated rings. The fourth-order valence-electron chi connectivity index (χ4n) is 4.06. The zero-order valence-electron chi connectivity index (χ0n) is 17.8. The molecule has 0 saturated heterocycles. The lowest BCUT2D eigenvalue weighted by Gasteiger charge is -2.25. The van der Waals surface area contributed by atoms with Crippen LogP contribution in [0.1, 0.15) is 43.7 Å². The number of hydrogen-bond donors (Lipinski definition) is 2. The van der Waals surface area contributed by atoms with E-state index in [-0.39, 0.29) is 19.1 Å². The Labute approximate surface area is 182 Å². The second-order valence-electron chi connectivity index (χ2n) is 7.56. The summed E-state index contributed by atoms with van der Waals surface area (Å²) in [7, 11) is 0. The van der Waals surface area contributed by atoms with E-state index < -0.39 is 30.6 Å². The number of benzene rings is 2. The smallest absolute Gasteiger partial charge is 0.407 e. The van der Waals surface area contributed by atoms with Gasteiger partial charge in [0.15, 0.2) is 0 Å². The molecule has 7 heteroatoms. The van der Waals surface area contributed by atoms with Gasteiger partial charge in [-0.1, -0.05) is 61.9 Å². The molecule has 0 heterocycles. The molecular weight excluding hydrogens is 396 g/mol. The van der Waals surface area contributed by atoms with Crippen molar-refractivity contribution < 1.29 is 24.2 Å². The van der Waals surface area contributed by atoms with Crippen LogP contribution in [0.25, 0.3) is 11.1 Å². The van der Waals surface area contributed by atoms with Crippen LogP contribution in [0.4, 0.5) is 4.79 Å². The molecule has 2 aromatic rings. The minimum absolute atomic E-state index is 0.0716. The molecule has 2 amide bonds. The largest absolute Gasteiger partial charge is 0.480 e. The second-order valence-corrected chi connectivity index (χ2v) is 7.56. The quantitative estimate of drug-likeness (QED) is 0.641. The van der Waals surface area contributed by atoms with Crippen molar-refractivity contribution in [2.75, 3.05) is 19.7 Å². The summed E-state index contributed by atoms with van der Waals surface area (Å²) >= 11 is 0. The highest BCUT2D eigenvalue weighted by molar-refractivity contribution is 5.88. The summed E-state index contributed by atoms with van der Waals surface area (Å²) in [6.07, 6.45) is 0.379. The van der Waals surface area contributed by atoms with Gasteiger partial charge in [0.1, 0.15) is 19.2 Å². The van der Waals surface area contributed by atoms with E-state index in [0.717, 1.165) is 22.3 Å². The molecule has 0 aliphatic heterocycles. The Hall–Kier alpha value is -3.35. The molecule has 0 bridgehead atoms. The number of aliphatic carboxylic acids is 1. The van der Waals surface area contributed by atoms with Gasteiger partial charge in [0, 0.05) is 12.5 Å². The summed E-state index contributed by atoms with van der Waals surface area (Å²) in [5, 5.41) is 11.6. The lowest BCUT2D eigenvalue weighted by Crippen LogP contribution is -2.50. The van der Waals surface area contributed by atoms with Gasteiger partial charge in [-0.3, -0.25) is 9.59 Å². The molecule has 0 aromatic heterocycles. The van der Waals surface area contributed by atoms with Crippen molar-refractivity contribution in [1.82, 2.24) is 10.2 Å². The van der Waals surface area contributed by atoms with Gasteiger partial charge in [-0.05, 0) is 35.6 Å². The third-order valence-corrected chi connectivity index (χ3v) is 5.53. The first-order valence-corrected chi connectivity index (χ1v) is 10.6. The average Bonchev–Trinajstić information content (AvgIpc) is 3.09. The predicted molar refractivity (Wildman–Crippen MR) is 117 cm³/mol. The maximum Gasteiger partial charge on any atom is 0.407 e. The highest BCUT2D eigenvalue weighted by atomic mass is 16.5. The van der Waals surface area contributed by atoms with Gasteiger partial charge < -0.3 is 20.1 Å². The molecule has 164 valence electrons. The van der Waals surface area contributed by atoms with Crippen LogP contribution >= 0.6 is 0 Å². The van der Waals surface area contributed by atoms with Crippen molar-refractivity contribution in [2.45, 2.75) is 38.6 Å². The lowest BCUT2D eigenvalue weighted by atomic mass is 9.98. The molecule has 1 atom stereocenters. The molecule has 0 radical (unpaired) electrons. The van der Waals surface area contributed by atoms with Crippen molar-refractivity contribution in [2.24, 2.45) is 0 Å². The van der Waals surface area contributed by atoms with Gasteiger partial charge in [0.05, 0.1) is 0 Å². The normalized spacial score (nSPS) is 13.1. The van der Waals surface area contributed by atoms with Crippen molar-refractivity contribution in [3.8, 4) is 11.1 Å². The number of hydrogen-bond acceptors (Lipinski definition) is 4. The number of likely N-dealkylation sites (N-methyl/N-ethyl adjacent to an activating group) is 1. The SMILES string of the molecule is CCC[C@@H](NC(=O)OCC1c2ccccc2-c2ccccc21)C(=O)N(CC)CC(=O)O. The van der Waals surface area contributed by atoms with E-state index >= 15 is 0 Å². The highest BCUT2D eigenvalue weighted by Crippen LogP contribution is 2.44. The Morgan fingerprint density at radius 1 is 1.03 bits per heavy atom. The summed E-state index contributed by atoms with van der Waals surface area (Å²) < 4.78 is 5.52. The molecule has 0 saturated carbocycles. The number of carbonyl (C=O) groups excluding carboxylic acids is 2. The van der Waals surface area contributed by atoms with Crippen LogP contribution in [0, 0.1) is 0 Å². The molecule has 7 nitrogen and oxygen atoms in total. The summed E-state index contributed by atoms with van der Waals surface area (Å²) in [4.78, 5) is 37.5. The zero-order valence-corrected chi connectivity index (χ0v) is 17.8. The number of carboxylic acid groups (broad SMARTS) is 1. The number of fused-ring (bicyclic) bond motifs is 3. The summed E-state index contributed by atoms with van der Waals surface area (Å²) in [6, 6.07) is 15.3. The fourth-order valence-corrected chi connectivity index (χ4v) is 4.06. The molecule has 31 heavy (non-hydrogen) atoms. The van der Waals surface area contributed by atoms with Crippen molar-refractivity contribution in [3.05, 3.63) is 59.7 Å². The van der Waals surface area contributed by atoms with Gasteiger partial charge in [-0.25, -0.2) is 4.79 Å². The van der Waals surface area contributed by atoms with E-state index in [9.17, 15) is 14.4 Å². The molecule has 2 aromatic carbocycles. The van der Waals surface area contributed by atoms with Crippen LogP contribution in [0.5, 0.6) is 0 Å². The molecule has 1 aliphatic carbocycles. The number of alkyl carbamates (subject to hydrolysis) is 1. The second kappa shape index (κ2) is 10.1. The first-order valence-electron chi connectivity index (χ1n) is 10.6. The van der Waals surface area contributed by atoms with Crippen molar-refractivity contribution >= 4 is 18.0 Å². The number of carboxylic acids is 1. The summed E-state index contributed by atoms with van der Waals surface area (Å²) in [5.41, 5.74) is 4.49. The summed E-state index contributed by atoms with van der Waals surface area (Å²) in [5.74, 6) is -1.58. The monoisotopic (exact) mass is 424 g/mol. The van der Waals surface area contributed by atoms with Gasteiger partial charge >= 0.3 is 12.1 Å². The van der Waals surface area contributed by atoms with Crippen LogP contribution in [0.2, 0.25) is 0 Å². The van der Waals surface area contributed by atoms with Crippen LogP contribution in [-0.4, -0.2) is 53.7 Å². The fraction of sp³-hybridized carbons (Fsp3) is 0.375. The molecule has 0 unspecified atom stereocenters. The third kappa shape index (κ3) is 5.05. The minimum atomic E-state index is -1.09.